The summed E-state index contributed by atoms with van der Waals surface area (Å²) in [6.07, 6.45) is 0.673. The molecule has 1 heterocycles. The third-order valence-corrected chi connectivity index (χ3v) is 5.40. The third kappa shape index (κ3) is 4.87. The molecule has 0 saturated carbocycles. The number of ether oxygens (including phenoxy) is 1. The SMILES string of the molecule is COc1ccc(-c2[nH]n(-c3ccc(F)cc3)c(=O)c2C(C)=NCCc2ccc(O)cc2)cc1. The van der Waals surface area contributed by atoms with Crippen molar-refractivity contribution in [1.29, 1.82) is 0 Å². The highest BCUT2D eigenvalue weighted by Gasteiger charge is 2.19. The fraction of sp³-hybridized carbons (Fsp3) is 0.154. The number of phenolic OH excluding ortho intramolecular Hbond substituents is 1. The Hall–Kier alpha value is -4.13. The van der Waals surface area contributed by atoms with E-state index < -0.39 is 0 Å². The van der Waals surface area contributed by atoms with Gasteiger partial charge >= 0.3 is 0 Å². The summed E-state index contributed by atoms with van der Waals surface area (Å²) in [5, 5.41) is 12.6. The molecule has 0 bridgehead atoms. The molecule has 168 valence electrons. The Bertz CT molecular complexity index is 1320. The summed E-state index contributed by atoms with van der Waals surface area (Å²) in [7, 11) is 1.60. The second kappa shape index (κ2) is 9.56. The molecule has 0 unspecified atom stereocenters. The minimum Gasteiger partial charge on any atom is -0.508 e. The molecular weight excluding hydrogens is 421 g/mol. The van der Waals surface area contributed by atoms with Crippen molar-refractivity contribution in [2.45, 2.75) is 13.3 Å². The van der Waals surface area contributed by atoms with Crippen molar-refractivity contribution in [1.82, 2.24) is 9.78 Å². The summed E-state index contributed by atoms with van der Waals surface area (Å²) in [6.45, 7) is 2.29. The fourth-order valence-corrected chi connectivity index (χ4v) is 3.61. The topological polar surface area (TPSA) is 79.6 Å². The van der Waals surface area contributed by atoms with Crippen LogP contribution in [0.4, 0.5) is 4.39 Å². The van der Waals surface area contributed by atoms with E-state index in [1.54, 1.807) is 31.4 Å². The smallest absolute Gasteiger partial charge is 0.280 e. The van der Waals surface area contributed by atoms with Gasteiger partial charge in [0.15, 0.2) is 0 Å². The summed E-state index contributed by atoms with van der Waals surface area (Å²) in [4.78, 5) is 18.0. The lowest BCUT2D eigenvalue weighted by atomic mass is 10.0. The summed E-state index contributed by atoms with van der Waals surface area (Å²) < 4.78 is 20.0. The number of hydrogen-bond donors (Lipinski definition) is 2. The van der Waals surface area contributed by atoms with Gasteiger partial charge in [0.25, 0.3) is 5.56 Å². The molecule has 33 heavy (non-hydrogen) atoms. The van der Waals surface area contributed by atoms with Gasteiger partial charge in [0.2, 0.25) is 0 Å². The van der Waals surface area contributed by atoms with Crippen LogP contribution in [-0.2, 0) is 6.42 Å². The molecule has 0 spiro atoms. The molecule has 0 aliphatic carbocycles. The number of aromatic nitrogens is 2. The van der Waals surface area contributed by atoms with Gasteiger partial charge in [-0.15, -0.1) is 0 Å². The quantitative estimate of drug-likeness (QED) is 0.404. The number of phenols is 1. The molecule has 2 N–H and O–H groups in total. The van der Waals surface area contributed by atoms with Gasteiger partial charge in [0.1, 0.15) is 17.3 Å². The fourth-order valence-electron chi connectivity index (χ4n) is 3.61. The average molecular weight is 445 g/mol. The molecular formula is C26H24FN3O3. The van der Waals surface area contributed by atoms with Crippen LogP contribution >= 0.6 is 0 Å². The minimum atomic E-state index is -0.374. The predicted octanol–water partition coefficient (Wildman–Crippen LogP) is 4.74. The van der Waals surface area contributed by atoms with E-state index in [4.69, 9.17) is 4.74 Å². The maximum absolute atomic E-state index is 13.4. The first-order valence-electron chi connectivity index (χ1n) is 10.5. The summed E-state index contributed by atoms with van der Waals surface area (Å²) >= 11 is 0. The number of benzene rings is 3. The van der Waals surface area contributed by atoms with E-state index in [-0.39, 0.29) is 17.1 Å². The lowest BCUT2D eigenvalue weighted by Gasteiger charge is -2.05. The van der Waals surface area contributed by atoms with Crippen LogP contribution in [0.3, 0.4) is 0 Å². The Balaban J connectivity index is 1.72. The Morgan fingerprint density at radius 2 is 1.70 bits per heavy atom. The Morgan fingerprint density at radius 3 is 2.33 bits per heavy atom. The van der Waals surface area contributed by atoms with Crippen molar-refractivity contribution in [2.75, 3.05) is 13.7 Å². The molecule has 0 atom stereocenters. The molecule has 3 aromatic carbocycles. The molecule has 0 radical (unpaired) electrons. The zero-order valence-corrected chi connectivity index (χ0v) is 18.4. The molecule has 0 saturated heterocycles. The highest BCUT2D eigenvalue weighted by molar-refractivity contribution is 6.03. The largest absolute Gasteiger partial charge is 0.508 e. The number of aromatic hydroxyl groups is 1. The first-order chi connectivity index (χ1) is 16.0. The second-order valence-electron chi connectivity index (χ2n) is 7.59. The summed E-state index contributed by atoms with van der Waals surface area (Å²) in [5.74, 6) is 0.553. The van der Waals surface area contributed by atoms with Crippen molar-refractivity contribution in [3.05, 3.63) is 100 Å². The second-order valence-corrected chi connectivity index (χ2v) is 7.59. The molecule has 1 aromatic heterocycles. The van der Waals surface area contributed by atoms with E-state index >= 15 is 0 Å². The van der Waals surface area contributed by atoms with Crippen molar-refractivity contribution in [3.8, 4) is 28.4 Å². The minimum absolute atomic E-state index is 0.219. The van der Waals surface area contributed by atoms with Crippen molar-refractivity contribution in [2.24, 2.45) is 4.99 Å². The predicted molar refractivity (Wildman–Crippen MR) is 127 cm³/mol. The number of halogens is 1. The van der Waals surface area contributed by atoms with Gasteiger partial charge < -0.3 is 9.84 Å². The van der Waals surface area contributed by atoms with E-state index in [1.165, 1.54) is 16.8 Å². The molecule has 0 amide bonds. The van der Waals surface area contributed by atoms with Crippen LogP contribution in [0.15, 0.2) is 82.6 Å². The standard InChI is InChI=1S/C26H24FN3O3/c1-17(28-16-15-18-3-11-22(31)12-4-18)24-25(19-5-13-23(33-2)14-6-19)29-30(26(24)32)21-9-7-20(27)8-10-21/h3-14,29,31H,15-16H2,1-2H3. The molecule has 4 rings (SSSR count). The van der Waals surface area contributed by atoms with Crippen LogP contribution in [0.1, 0.15) is 18.1 Å². The normalized spacial score (nSPS) is 11.5. The van der Waals surface area contributed by atoms with Gasteiger partial charge in [0, 0.05) is 17.8 Å². The zero-order valence-electron chi connectivity index (χ0n) is 18.4. The summed E-state index contributed by atoms with van der Waals surface area (Å²) in [6, 6.07) is 20.1. The van der Waals surface area contributed by atoms with Gasteiger partial charge in [-0.1, -0.05) is 12.1 Å². The number of nitrogens with one attached hydrogen (secondary N) is 1. The Labute approximate surface area is 190 Å². The molecule has 0 aliphatic heterocycles. The van der Waals surface area contributed by atoms with Crippen LogP contribution in [0.25, 0.3) is 16.9 Å². The lowest BCUT2D eigenvalue weighted by molar-refractivity contribution is 0.415. The van der Waals surface area contributed by atoms with Crippen LogP contribution in [0.5, 0.6) is 11.5 Å². The van der Waals surface area contributed by atoms with E-state index in [0.29, 0.717) is 41.4 Å². The molecule has 7 heteroatoms. The average Bonchev–Trinajstić information content (AvgIpc) is 3.18. The van der Waals surface area contributed by atoms with Gasteiger partial charge in [-0.25, -0.2) is 9.07 Å². The van der Waals surface area contributed by atoms with E-state index in [9.17, 15) is 14.3 Å². The number of hydrogen-bond acceptors (Lipinski definition) is 4. The number of rotatable bonds is 7. The van der Waals surface area contributed by atoms with E-state index in [0.717, 1.165) is 11.1 Å². The van der Waals surface area contributed by atoms with Crippen LogP contribution < -0.4 is 10.3 Å². The number of aromatic amines is 1. The zero-order chi connectivity index (χ0) is 23.4. The molecule has 0 fully saturated rings. The van der Waals surface area contributed by atoms with Crippen LogP contribution in [0.2, 0.25) is 0 Å². The van der Waals surface area contributed by atoms with Gasteiger partial charge in [-0.05, 0) is 79.6 Å². The monoisotopic (exact) mass is 445 g/mol. The van der Waals surface area contributed by atoms with Gasteiger partial charge in [-0.3, -0.25) is 14.9 Å². The maximum Gasteiger partial charge on any atom is 0.280 e. The van der Waals surface area contributed by atoms with Gasteiger partial charge in [0.05, 0.1) is 24.1 Å². The number of methoxy groups -OCH3 is 1. The highest BCUT2D eigenvalue weighted by atomic mass is 19.1. The molecule has 6 nitrogen and oxygen atoms in total. The summed E-state index contributed by atoms with van der Waals surface area (Å²) in [5.41, 5.74) is 3.78. The number of aliphatic imine (C=N–C) groups is 1. The molecule has 0 aliphatic rings. The maximum atomic E-state index is 13.4. The van der Waals surface area contributed by atoms with Gasteiger partial charge in [-0.2, -0.15) is 0 Å². The highest BCUT2D eigenvalue weighted by Crippen LogP contribution is 2.24. The third-order valence-electron chi connectivity index (χ3n) is 5.40. The number of nitrogens with zero attached hydrogens (tertiary/aromatic N) is 2. The first-order valence-corrected chi connectivity index (χ1v) is 10.5. The first kappa shape index (κ1) is 22.1. The van der Waals surface area contributed by atoms with E-state index in [2.05, 4.69) is 10.1 Å². The Kier molecular flexibility index (Phi) is 6.40. The van der Waals surface area contributed by atoms with Crippen molar-refractivity contribution in [3.63, 3.8) is 0 Å². The van der Waals surface area contributed by atoms with Crippen molar-refractivity contribution < 1.29 is 14.2 Å². The van der Waals surface area contributed by atoms with Crippen LogP contribution in [0, 0.1) is 5.82 Å². The Morgan fingerprint density at radius 1 is 1.03 bits per heavy atom. The lowest BCUT2D eigenvalue weighted by Crippen LogP contribution is -2.20. The number of H-pyrrole nitrogens is 1. The van der Waals surface area contributed by atoms with Crippen molar-refractivity contribution >= 4 is 5.71 Å². The van der Waals surface area contributed by atoms with E-state index in [1.807, 2.05) is 43.3 Å². The van der Waals surface area contributed by atoms with Crippen LogP contribution in [-0.4, -0.2) is 34.3 Å². The molecule has 4 aromatic rings.